The second-order valence-electron chi connectivity index (χ2n) is 7.98. The minimum atomic E-state index is -0.529. The number of carbonyl (C=O) groups excluding carboxylic acids is 1. The number of fused-ring (bicyclic) bond motifs is 1. The Hall–Kier alpha value is -3.32. The van der Waals surface area contributed by atoms with Crippen LogP contribution in [0.4, 0.5) is 4.39 Å². The van der Waals surface area contributed by atoms with E-state index in [2.05, 4.69) is 15.0 Å². The first-order chi connectivity index (χ1) is 15.5. The fraction of sp³-hybridized carbons (Fsp3) is 0.250. The first-order valence-corrected chi connectivity index (χ1v) is 10.8. The van der Waals surface area contributed by atoms with Gasteiger partial charge in [0.15, 0.2) is 17.3 Å². The van der Waals surface area contributed by atoms with E-state index in [4.69, 9.17) is 16.0 Å². The summed E-state index contributed by atoms with van der Waals surface area (Å²) in [5.41, 5.74) is 1.71. The molecule has 1 fully saturated rings. The van der Waals surface area contributed by atoms with Gasteiger partial charge in [0.1, 0.15) is 11.3 Å². The van der Waals surface area contributed by atoms with Gasteiger partial charge in [-0.2, -0.15) is 0 Å². The van der Waals surface area contributed by atoms with E-state index in [-0.39, 0.29) is 34.8 Å². The minimum Gasteiger partial charge on any atom is -0.440 e. The first-order valence-electron chi connectivity index (χ1n) is 10.4. The average molecular weight is 451 g/mol. The van der Waals surface area contributed by atoms with Gasteiger partial charge in [-0.15, -0.1) is 0 Å². The lowest BCUT2D eigenvalue weighted by Crippen LogP contribution is -2.45. The highest BCUT2D eigenvalue weighted by atomic mass is 35.5. The van der Waals surface area contributed by atoms with E-state index in [9.17, 15) is 9.18 Å². The molecule has 1 saturated heterocycles. The number of halogens is 2. The van der Waals surface area contributed by atoms with Crippen molar-refractivity contribution in [1.82, 2.24) is 19.9 Å². The summed E-state index contributed by atoms with van der Waals surface area (Å²) in [6.45, 7) is 2.42. The van der Waals surface area contributed by atoms with E-state index >= 15 is 0 Å². The fourth-order valence-electron chi connectivity index (χ4n) is 4.20. The second kappa shape index (κ2) is 8.31. The van der Waals surface area contributed by atoms with Crippen LogP contribution in [0.1, 0.15) is 41.9 Å². The smallest absolute Gasteiger partial charge is 0.254 e. The summed E-state index contributed by atoms with van der Waals surface area (Å²) in [6.07, 6.45) is 4.68. The maximum absolute atomic E-state index is 14.8. The number of aromatic nitrogens is 3. The Morgan fingerprint density at radius 1 is 1.16 bits per heavy atom. The van der Waals surface area contributed by atoms with Crippen molar-refractivity contribution in [3.63, 3.8) is 0 Å². The topological polar surface area (TPSA) is 72.1 Å². The lowest BCUT2D eigenvalue weighted by atomic mass is 9.92. The van der Waals surface area contributed by atoms with Gasteiger partial charge in [-0.25, -0.2) is 19.3 Å². The molecule has 0 radical (unpaired) electrons. The Kier molecular flexibility index (Phi) is 5.35. The zero-order chi connectivity index (χ0) is 22.2. The van der Waals surface area contributed by atoms with Crippen LogP contribution in [-0.2, 0) is 0 Å². The molecule has 0 aliphatic carbocycles. The number of benzene rings is 2. The summed E-state index contributed by atoms with van der Waals surface area (Å²) in [6, 6.07) is 11.4. The number of piperidine rings is 1. The Bertz CT molecular complexity index is 1290. The van der Waals surface area contributed by atoms with Gasteiger partial charge in [-0.3, -0.25) is 4.79 Å². The molecule has 5 rings (SSSR count). The van der Waals surface area contributed by atoms with Gasteiger partial charge in [0.05, 0.1) is 17.0 Å². The number of rotatable bonds is 3. The molecule has 0 bridgehead atoms. The van der Waals surface area contributed by atoms with Crippen molar-refractivity contribution < 1.29 is 13.6 Å². The summed E-state index contributed by atoms with van der Waals surface area (Å²) >= 11 is 6.07. The van der Waals surface area contributed by atoms with Gasteiger partial charge in [0.25, 0.3) is 5.91 Å². The molecule has 1 amide bonds. The van der Waals surface area contributed by atoms with Crippen LogP contribution in [0, 0.1) is 5.82 Å². The summed E-state index contributed by atoms with van der Waals surface area (Å²) in [5.74, 6) is -0.0856. The molecule has 2 atom stereocenters. The number of hydrogen-bond donors (Lipinski definition) is 0. The molecule has 8 heteroatoms. The number of hydrogen-bond acceptors (Lipinski definition) is 5. The quantitative estimate of drug-likeness (QED) is 0.413. The molecule has 1 aliphatic rings. The van der Waals surface area contributed by atoms with Gasteiger partial charge in [-0.05, 0) is 56.2 Å². The highest BCUT2D eigenvalue weighted by Gasteiger charge is 2.34. The van der Waals surface area contributed by atoms with Gasteiger partial charge in [0, 0.05) is 30.0 Å². The number of carbonyl (C=O) groups is 1. The average Bonchev–Trinajstić information content (AvgIpc) is 3.22. The predicted molar refractivity (Wildman–Crippen MR) is 119 cm³/mol. The Labute approximate surface area is 189 Å². The minimum absolute atomic E-state index is 0.00891. The standard InChI is InChI=1S/C24H20ClFN4O2/c1-14-6-7-15(23-29-19-12-16(25)8-9-20(19)32-23)13-30(14)24(31)17-4-2-5-18(26)21(17)22-27-10-3-11-28-22/h2-5,8-12,14-15H,6-7,13H2,1H3/t14-,15-/m1/s1. The van der Waals surface area contributed by atoms with Crippen molar-refractivity contribution in [3.8, 4) is 11.4 Å². The van der Waals surface area contributed by atoms with E-state index in [1.54, 1.807) is 35.2 Å². The highest BCUT2D eigenvalue weighted by Crippen LogP contribution is 2.34. The number of nitrogens with zero attached hydrogens (tertiary/aromatic N) is 4. The van der Waals surface area contributed by atoms with Crippen molar-refractivity contribution in [2.75, 3.05) is 6.54 Å². The predicted octanol–water partition coefficient (Wildman–Crippen LogP) is 5.49. The molecule has 0 spiro atoms. The highest BCUT2D eigenvalue weighted by molar-refractivity contribution is 6.31. The van der Waals surface area contributed by atoms with Crippen molar-refractivity contribution in [2.24, 2.45) is 0 Å². The second-order valence-corrected chi connectivity index (χ2v) is 8.42. The molecule has 2 aromatic heterocycles. The molecule has 3 heterocycles. The van der Waals surface area contributed by atoms with Crippen LogP contribution in [0.3, 0.4) is 0 Å². The molecule has 6 nitrogen and oxygen atoms in total. The van der Waals surface area contributed by atoms with Crippen LogP contribution in [-0.4, -0.2) is 38.3 Å². The summed E-state index contributed by atoms with van der Waals surface area (Å²) < 4.78 is 20.7. The Balaban J connectivity index is 1.48. The molecule has 4 aromatic rings. The lowest BCUT2D eigenvalue weighted by Gasteiger charge is -2.37. The Morgan fingerprint density at radius 3 is 2.78 bits per heavy atom. The first kappa shape index (κ1) is 20.6. The van der Waals surface area contributed by atoms with Crippen LogP contribution in [0.5, 0.6) is 0 Å². The van der Waals surface area contributed by atoms with E-state index in [0.717, 1.165) is 12.8 Å². The van der Waals surface area contributed by atoms with Crippen molar-refractivity contribution in [1.29, 1.82) is 0 Å². The van der Waals surface area contributed by atoms with Crippen molar-refractivity contribution in [3.05, 3.63) is 77.2 Å². The third kappa shape index (κ3) is 3.73. The fourth-order valence-corrected chi connectivity index (χ4v) is 4.36. The van der Waals surface area contributed by atoms with E-state index in [1.807, 2.05) is 6.92 Å². The molecule has 162 valence electrons. The molecular formula is C24H20ClFN4O2. The van der Waals surface area contributed by atoms with Gasteiger partial charge in [0.2, 0.25) is 0 Å². The molecule has 32 heavy (non-hydrogen) atoms. The monoisotopic (exact) mass is 450 g/mol. The van der Waals surface area contributed by atoms with Crippen LogP contribution in [0.25, 0.3) is 22.5 Å². The maximum atomic E-state index is 14.8. The molecule has 2 aromatic carbocycles. The van der Waals surface area contributed by atoms with E-state index in [1.165, 1.54) is 24.5 Å². The van der Waals surface area contributed by atoms with Gasteiger partial charge < -0.3 is 9.32 Å². The largest absolute Gasteiger partial charge is 0.440 e. The zero-order valence-corrected chi connectivity index (χ0v) is 18.1. The maximum Gasteiger partial charge on any atom is 0.254 e. The van der Waals surface area contributed by atoms with Crippen LogP contribution in [0.15, 0.2) is 59.3 Å². The molecule has 0 N–H and O–H groups in total. The third-order valence-corrected chi connectivity index (χ3v) is 6.13. The molecule has 0 saturated carbocycles. The van der Waals surface area contributed by atoms with Gasteiger partial charge >= 0.3 is 0 Å². The number of amides is 1. The van der Waals surface area contributed by atoms with Crippen molar-refractivity contribution in [2.45, 2.75) is 31.7 Å². The normalized spacial score (nSPS) is 18.8. The third-order valence-electron chi connectivity index (χ3n) is 5.89. The zero-order valence-electron chi connectivity index (χ0n) is 17.3. The SMILES string of the molecule is C[C@@H]1CC[C@@H](c2nc3cc(Cl)ccc3o2)CN1C(=O)c1cccc(F)c1-c1ncccn1. The van der Waals surface area contributed by atoms with E-state index in [0.29, 0.717) is 28.6 Å². The van der Waals surface area contributed by atoms with Crippen molar-refractivity contribution >= 4 is 28.6 Å². The molecular weight excluding hydrogens is 431 g/mol. The Morgan fingerprint density at radius 2 is 1.97 bits per heavy atom. The lowest BCUT2D eigenvalue weighted by molar-refractivity contribution is 0.0598. The molecule has 0 unspecified atom stereocenters. The van der Waals surface area contributed by atoms with E-state index < -0.39 is 5.82 Å². The summed E-state index contributed by atoms with van der Waals surface area (Å²) in [4.78, 5) is 28.3. The van der Waals surface area contributed by atoms with Crippen LogP contribution < -0.4 is 0 Å². The molecule has 1 aliphatic heterocycles. The summed E-state index contributed by atoms with van der Waals surface area (Å²) in [5, 5.41) is 0.591. The summed E-state index contributed by atoms with van der Waals surface area (Å²) in [7, 11) is 0. The number of oxazole rings is 1. The number of likely N-dealkylation sites (tertiary alicyclic amines) is 1. The van der Waals surface area contributed by atoms with Gasteiger partial charge in [-0.1, -0.05) is 17.7 Å². The van der Waals surface area contributed by atoms with Crippen LogP contribution in [0.2, 0.25) is 5.02 Å². The van der Waals surface area contributed by atoms with Crippen LogP contribution >= 0.6 is 11.6 Å².